The highest BCUT2D eigenvalue weighted by Gasteiger charge is 2.42. The van der Waals surface area contributed by atoms with Crippen LogP contribution in [0.2, 0.25) is 0 Å². The van der Waals surface area contributed by atoms with Gasteiger partial charge in [-0.3, -0.25) is 9.88 Å². The molecule has 3 aromatic rings. The number of pyridine rings is 2. The van der Waals surface area contributed by atoms with Crippen molar-refractivity contribution in [3.63, 3.8) is 0 Å². The summed E-state index contributed by atoms with van der Waals surface area (Å²) in [7, 11) is 0. The van der Waals surface area contributed by atoms with Crippen LogP contribution < -0.4 is 5.32 Å². The molecule has 3 N–H and O–H groups in total. The lowest BCUT2D eigenvalue weighted by Crippen LogP contribution is -2.57. The van der Waals surface area contributed by atoms with Gasteiger partial charge in [0.15, 0.2) is 5.82 Å². The molecule has 180 valence electrons. The van der Waals surface area contributed by atoms with Crippen molar-refractivity contribution in [2.75, 3.05) is 18.4 Å². The van der Waals surface area contributed by atoms with Crippen molar-refractivity contribution in [3.8, 4) is 17.1 Å². The smallest absolute Gasteiger partial charge is 0.418 e. The Labute approximate surface area is 193 Å². The molecule has 11 heteroatoms. The van der Waals surface area contributed by atoms with Crippen LogP contribution in [0.3, 0.4) is 0 Å². The predicted molar refractivity (Wildman–Crippen MR) is 119 cm³/mol. The van der Waals surface area contributed by atoms with Crippen molar-refractivity contribution in [2.45, 2.75) is 56.5 Å². The average molecular weight is 474 g/mol. The van der Waals surface area contributed by atoms with Gasteiger partial charge in [-0.05, 0) is 57.4 Å². The van der Waals surface area contributed by atoms with Gasteiger partial charge in [0.2, 0.25) is 0 Å². The monoisotopic (exact) mass is 474 g/mol. The molecule has 8 nitrogen and oxygen atoms in total. The molecule has 4 heterocycles. The zero-order valence-electron chi connectivity index (χ0n) is 18.5. The first-order valence-corrected chi connectivity index (χ1v) is 11.2. The lowest BCUT2D eigenvalue weighted by atomic mass is 9.76. The fraction of sp³-hybridized carbons (Fsp3) is 0.478. The van der Waals surface area contributed by atoms with Gasteiger partial charge in [0, 0.05) is 36.4 Å². The van der Waals surface area contributed by atoms with Crippen LogP contribution in [0.15, 0.2) is 30.6 Å². The third kappa shape index (κ3) is 4.37. The van der Waals surface area contributed by atoms with Crippen LogP contribution in [-0.2, 0) is 6.18 Å². The van der Waals surface area contributed by atoms with E-state index in [4.69, 9.17) is 0 Å². The molecule has 1 unspecified atom stereocenters. The maximum Gasteiger partial charge on any atom is 0.418 e. The number of hydrogen-bond acceptors (Lipinski definition) is 8. The first-order chi connectivity index (χ1) is 16.1. The second kappa shape index (κ2) is 8.31. The molecule has 0 aromatic carbocycles. The minimum atomic E-state index is -4.62. The molecule has 1 aliphatic carbocycles. The number of fused-ring (bicyclic) bond motifs is 1. The molecule has 0 amide bonds. The van der Waals surface area contributed by atoms with Crippen molar-refractivity contribution in [3.05, 3.63) is 36.2 Å². The van der Waals surface area contributed by atoms with E-state index in [9.17, 15) is 23.4 Å². The average Bonchev–Trinajstić information content (AvgIpc) is 2.77. The van der Waals surface area contributed by atoms with Gasteiger partial charge in [0.25, 0.3) is 0 Å². The number of aromatic nitrogens is 4. The largest absolute Gasteiger partial charge is 0.506 e. The lowest BCUT2D eigenvalue weighted by Gasteiger charge is -2.49. The van der Waals surface area contributed by atoms with Gasteiger partial charge in [-0.15, -0.1) is 10.2 Å². The molecule has 2 aliphatic rings. The first kappa shape index (κ1) is 22.7. The second-order valence-corrected chi connectivity index (χ2v) is 9.42. The fourth-order valence-corrected chi connectivity index (χ4v) is 4.91. The molecular formula is C23H25F3N6O2. The number of nitrogens with one attached hydrogen (secondary N) is 1. The molecule has 0 radical (unpaired) electrons. The molecular weight excluding hydrogens is 449 g/mol. The Hall–Kier alpha value is -3.05. The van der Waals surface area contributed by atoms with Crippen LogP contribution >= 0.6 is 0 Å². The summed E-state index contributed by atoms with van der Waals surface area (Å²) in [6.07, 6.45) is 1.09. The van der Waals surface area contributed by atoms with Crippen LogP contribution in [-0.4, -0.2) is 66.1 Å². The van der Waals surface area contributed by atoms with E-state index in [2.05, 4.69) is 30.4 Å². The van der Waals surface area contributed by atoms with E-state index in [1.807, 2.05) is 6.92 Å². The first-order valence-electron chi connectivity index (χ1n) is 11.2. The number of alkyl halides is 3. The lowest BCUT2D eigenvalue weighted by molar-refractivity contribution is -0.137. The maximum atomic E-state index is 13.0. The summed E-state index contributed by atoms with van der Waals surface area (Å²) >= 11 is 0. The highest BCUT2D eigenvalue weighted by Crippen LogP contribution is 2.38. The summed E-state index contributed by atoms with van der Waals surface area (Å²) in [5.74, 6) is -0.123. The van der Waals surface area contributed by atoms with Gasteiger partial charge in [0.1, 0.15) is 22.7 Å². The third-order valence-electron chi connectivity index (χ3n) is 6.62. The van der Waals surface area contributed by atoms with E-state index < -0.39 is 23.1 Å². The zero-order valence-corrected chi connectivity index (χ0v) is 18.5. The van der Waals surface area contributed by atoms with Crippen molar-refractivity contribution < 1.29 is 23.4 Å². The fourth-order valence-electron chi connectivity index (χ4n) is 4.91. The van der Waals surface area contributed by atoms with E-state index in [0.717, 1.165) is 38.8 Å². The van der Waals surface area contributed by atoms with Crippen molar-refractivity contribution in [2.24, 2.45) is 0 Å². The van der Waals surface area contributed by atoms with Gasteiger partial charge in [0.05, 0.1) is 11.2 Å². The van der Waals surface area contributed by atoms with Gasteiger partial charge in [-0.1, -0.05) is 0 Å². The maximum absolute atomic E-state index is 13.0. The molecule has 1 atom stereocenters. The van der Waals surface area contributed by atoms with E-state index >= 15 is 0 Å². The number of likely N-dealkylation sites (tertiary alicyclic amines) is 1. The number of piperidine rings is 1. The van der Waals surface area contributed by atoms with Gasteiger partial charge in [-0.25, -0.2) is 4.98 Å². The Morgan fingerprint density at radius 2 is 1.97 bits per heavy atom. The highest BCUT2D eigenvalue weighted by atomic mass is 19.4. The molecule has 5 rings (SSSR count). The van der Waals surface area contributed by atoms with Gasteiger partial charge >= 0.3 is 6.18 Å². The topological polar surface area (TPSA) is 107 Å². The predicted octanol–water partition coefficient (Wildman–Crippen LogP) is 3.60. The van der Waals surface area contributed by atoms with Crippen LogP contribution in [0.5, 0.6) is 5.75 Å². The third-order valence-corrected chi connectivity index (χ3v) is 6.62. The van der Waals surface area contributed by atoms with Crippen LogP contribution in [0.1, 0.15) is 38.2 Å². The van der Waals surface area contributed by atoms with Gasteiger partial charge in [-0.2, -0.15) is 13.2 Å². The van der Waals surface area contributed by atoms with Crippen molar-refractivity contribution >= 4 is 16.7 Å². The Bertz CT molecular complexity index is 1210. The molecule has 2 fully saturated rings. The molecule has 1 saturated carbocycles. The van der Waals surface area contributed by atoms with Crippen LogP contribution in [0, 0.1) is 0 Å². The summed E-state index contributed by atoms with van der Waals surface area (Å²) in [5, 5.41) is 32.9. The Kier molecular flexibility index (Phi) is 5.56. The highest BCUT2D eigenvalue weighted by molar-refractivity contribution is 5.97. The molecule has 1 saturated heterocycles. The standard InChI is InChI=1S/C23H25F3N6O2/c1-22(34)9-15(10-22)32-7-3-4-14(12-32)29-21-16-5-2-6-27-18(16)20(30-31-21)19-17(33)8-13(11-28-19)23(24,25)26/h2,5-6,8,11,14-15,33-34H,3-4,7,9-10,12H2,1H3,(H,29,31). The SMILES string of the molecule is CC1(O)CC(N2CCCC(Nc3nnc(-c4ncc(C(F)(F)F)cc4O)c4ncccc34)C2)C1. The minimum Gasteiger partial charge on any atom is -0.506 e. The molecule has 34 heavy (non-hydrogen) atoms. The molecule has 0 spiro atoms. The quantitative estimate of drug-likeness (QED) is 0.527. The van der Waals surface area contributed by atoms with Crippen molar-refractivity contribution in [1.82, 2.24) is 25.1 Å². The Morgan fingerprint density at radius 3 is 2.68 bits per heavy atom. The van der Waals surface area contributed by atoms with E-state index in [1.54, 1.807) is 18.3 Å². The van der Waals surface area contributed by atoms with E-state index in [-0.39, 0.29) is 17.4 Å². The van der Waals surface area contributed by atoms with Gasteiger partial charge < -0.3 is 15.5 Å². The number of hydrogen-bond donors (Lipinski definition) is 3. The summed E-state index contributed by atoms with van der Waals surface area (Å²) < 4.78 is 38.9. The van der Waals surface area contributed by atoms with E-state index in [1.165, 1.54) is 0 Å². The Morgan fingerprint density at radius 1 is 1.18 bits per heavy atom. The van der Waals surface area contributed by atoms with Crippen molar-refractivity contribution in [1.29, 1.82) is 0 Å². The number of rotatable bonds is 4. The van der Waals surface area contributed by atoms with Crippen LogP contribution in [0.4, 0.5) is 19.0 Å². The summed E-state index contributed by atoms with van der Waals surface area (Å²) in [4.78, 5) is 10.6. The number of aromatic hydroxyl groups is 1. The summed E-state index contributed by atoms with van der Waals surface area (Å²) in [5.41, 5.74) is -1.25. The molecule has 3 aromatic heterocycles. The minimum absolute atomic E-state index is 0.106. The second-order valence-electron chi connectivity index (χ2n) is 9.42. The number of anilines is 1. The number of halogens is 3. The normalized spacial score (nSPS) is 25.8. The molecule has 0 bridgehead atoms. The molecule has 1 aliphatic heterocycles. The number of aliphatic hydroxyl groups is 1. The van der Waals surface area contributed by atoms with Crippen LogP contribution in [0.25, 0.3) is 22.3 Å². The summed E-state index contributed by atoms with van der Waals surface area (Å²) in [6, 6.07) is 4.66. The Balaban J connectivity index is 1.41. The zero-order chi connectivity index (χ0) is 24.1. The van der Waals surface area contributed by atoms with E-state index in [0.29, 0.717) is 35.0 Å². The summed E-state index contributed by atoms with van der Waals surface area (Å²) in [6.45, 7) is 3.67. The number of nitrogens with zero attached hydrogens (tertiary/aromatic N) is 5.